The molecule has 1 fully saturated rings. The number of hydrogen-bond donors (Lipinski definition) is 1. The van der Waals surface area contributed by atoms with Crippen LogP contribution in [0.3, 0.4) is 0 Å². The van der Waals surface area contributed by atoms with Gasteiger partial charge in [0.1, 0.15) is 0 Å². The number of nitrogens with one attached hydrogen (secondary N) is 1. The highest BCUT2D eigenvalue weighted by molar-refractivity contribution is 5.79. The molecule has 0 unspecified atom stereocenters. The zero-order valence-electron chi connectivity index (χ0n) is 13.0. The third kappa shape index (κ3) is 5.49. The van der Waals surface area contributed by atoms with Gasteiger partial charge < -0.3 is 10.1 Å². The van der Waals surface area contributed by atoms with Crippen LogP contribution in [0.4, 0.5) is 0 Å². The Kier molecular flexibility index (Phi) is 7.59. The van der Waals surface area contributed by atoms with Gasteiger partial charge in [-0.05, 0) is 25.7 Å². The summed E-state index contributed by atoms with van der Waals surface area (Å²) in [5.41, 5.74) is 0. The second-order valence-electron chi connectivity index (χ2n) is 5.50. The van der Waals surface area contributed by atoms with E-state index >= 15 is 0 Å². The van der Waals surface area contributed by atoms with Crippen LogP contribution in [-0.2, 0) is 14.3 Å². The molecule has 5 heteroatoms. The monoisotopic (exact) mass is 284 g/mol. The SMILES string of the molecule is CCC(CC)NC(=O)CN(CC(=O)OC)C1CCCC1. The molecule has 0 bridgehead atoms. The molecule has 1 saturated carbocycles. The van der Waals surface area contributed by atoms with Crippen LogP contribution in [-0.4, -0.2) is 49.1 Å². The van der Waals surface area contributed by atoms with E-state index in [2.05, 4.69) is 19.2 Å². The van der Waals surface area contributed by atoms with Crippen molar-refractivity contribution < 1.29 is 14.3 Å². The second-order valence-corrected chi connectivity index (χ2v) is 5.50. The van der Waals surface area contributed by atoms with E-state index in [0.29, 0.717) is 6.04 Å². The van der Waals surface area contributed by atoms with Gasteiger partial charge in [0, 0.05) is 12.1 Å². The third-order valence-electron chi connectivity index (χ3n) is 4.10. The molecule has 0 aromatic heterocycles. The first-order valence-electron chi connectivity index (χ1n) is 7.70. The Morgan fingerprint density at radius 3 is 2.30 bits per heavy atom. The van der Waals surface area contributed by atoms with Crippen LogP contribution in [0.15, 0.2) is 0 Å². The molecule has 0 atom stereocenters. The lowest BCUT2D eigenvalue weighted by Crippen LogP contribution is -2.46. The molecule has 0 saturated heterocycles. The van der Waals surface area contributed by atoms with Crippen molar-refractivity contribution in [3.8, 4) is 0 Å². The maximum absolute atomic E-state index is 12.1. The van der Waals surface area contributed by atoms with Gasteiger partial charge in [-0.25, -0.2) is 0 Å². The van der Waals surface area contributed by atoms with E-state index < -0.39 is 0 Å². The molecular weight excluding hydrogens is 256 g/mol. The second kappa shape index (κ2) is 8.95. The molecular formula is C15H28N2O3. The highest BCUT2D eigenvalue weighted by atomic mass is 16.5. The average Bonchev–Trinajstić information content (AvgIpc) is 2.97. The van der Waals surface area contributed by atoms with Crippen molar-refractivity contribution in [1.29, 1.82) is 0 Å². The van der Waals surface area contributed by atoms with Gasteiger partial charge in [-0.1, -0.05) is 26.7 Å². The van der Waals surface area contributed by atoms with Crippen molar-refractivity contribution in [2.45, 2.75) is 64.5 Å². The van der Waals surface area contributed by atoms with E-state index in [1.165, 1.54) is 20.0 Å². The minimum Gasteiger partial charge on any atom is -0.468 e. The van der Waals surface area contributed by atoms with Gasteiger partial charge in [-0.15, -0.1) is 0 Å². The van der Waals surface area contributed by atoms with E-state index in [4.69, 9.17) is 4.74 Å². The molecule has 20 heavy (non-hydrogen) atoms. The van der Waals surface area contributed by atoms with E-state index in [1.54, 1.807) is 0 Å². The number of carbonyl (C=O) groups excluding carboxylic acids is 2. The van der Waals surface area contributed by atoms with Gasteiger partial charge >= 0.3 is 5.97 Å². The van der Waals surface area contributed by atoms with Crippen LogP contribution in [0.2, 0.25) is 0 Å². The summed E-state index contributed by atoms with van der Waals surface area (Å²) < 4.78 is 4.73. The zero-order valence-corrected chi connectivity index (χ0v) is 13.0. The predicted octanol–water partition coefficient (Wildman–Crippen LogP) is 1.71. The van der Waals surface area contributed by atoms with Gasteiger partial charge in [0.15, 0.2) is 0 Å². The number of nitrogens with zero attached hydrogens (tertiary/aromatic N) is 1. The Balaban J connectivity index is 2.54. The van der Waals surface area contributed by atoms with Gasteiger partial charge in [0.05, 0.1) is 20.2 Å². The van der Waals surface area contributed by atoms with Gasteiger partial charge in [-0.2, -0.15) is 0 Å². The summed E-state index contributed by atoms with van der Waals surface area (Å²) in [7, 11) is 1.39. The Morgan fingerprint density at radius 2 is 1.80 bits per heavy atom. The Bertz CT molecular complexity index is 310. The quantitative estimate of drug-likeness (QED) is 0.689. The van der Waals surface area contributed by atoms with Crippen molar-refractivity contribution in [3.63, 3.8) is 0 Å². The minimum atomic E-state index is -0.271. The summed E-state index contributed by atoms with van der Waals surface area (Å²) in [6, 6.07) is 0.563. The summed E-state index contributed by atoms with van der Waals surface area (Å²) in [6.45, 7) is 4.63. The van der Waals surface area contributed by atoms with E-state index in [0.717, 1.165) is 25.7 Å². The summed E-state index contributed by atoms with van der Waals surface area (Å²) in [4.78, 5) is 25.6. The summed E-state index contributed by atoms with van der Waals surface area (Å²) in [6.07, 6.45) is 6.35. The molecule has 0 heterocycles. The molecule has 116 valence electrons. The topological polar surface area (TPSA) is 58.6 Å². The first-order chi connectivity index (χ1) is 9.60. The molecule has 1 amide bonds. The number of ether oxygens (including phenoxy) is 1. The van der Waals surface area contributed by atoms with Crippen molar-refractivity contribution in [2.24, 2.45) is 0 Å². The van der Waals surface area contributed by atoms with Gasteiger partial charge in [-0.3, -0.25) is 14.5 Å². The largest absolute Gasteiger partial charge is 0.468 e. The molecule has 5 nitrogen and oxygen atoms in total. The number of amides is 1. The van der Waals surface area contributed by atoms with E-state index in [1.807, 2.05) is 4.90 Å². The Morgan fingerprint density at radius 1 is 1.20 bits per heavy atom. The molecule has 0 radical (unpaired) electrons. The van der Waals surface area contributed by atoms with Crippen molar-refractivity contribution >= 4 is 11.9 Å². The van der Waals surface area contributed by atoms with Crippen LogP contribution in [0, 0.1) is 0 Å². The maximum Gasteiger partial charge on any atom is 0.319 e. The molecule has 1 aliphatic carbocycles. The summed E-state index contributed by atoms with van der Waals surface area (Å²) in [5.74, 6) is -0.262. The summed E-state index contributed by atoms with van der Waals surface area (Å²) in [5, 5.41) is 3.03. The third-order valence-corrected chi connectivity index (χ3v) is 4.10. The molecule has 1 rings (SSSR count). The predicted molar refractivity (Wildman–Crippen MR) is 78.4 cm³/mol. The first kappa shape index (κ1) is 17.0. The lowest BCUT2D eigenvalue weighted by atomic mass is 10.1. The van der Waals surface area contributed by atoms with E-state index in [-0.39, 0.29) is 31.0 Å². The van der Waals surface area contributed by atoms with Crippen LogP contribution in [0.25, 0.3) is 0 Å². The molecule has 1 aliphatic rings. The minimum absolute atomic E-state index is 0.00880. The number of rotatable bonds is 8. The molecule has 0 aromatic rings. The molecule has 0 spiro atoms. The highest BCUT2D eigenvalue weighted by Gasteiger charge is 2.26. The van der Waals surface area contributed by atoms with Crippen molar-refractivity contribution in [2.75, 3.05) is 20.2 Å². The van der Waals surface area contributed by atoms with Crippen LogP contribution in [0.5, 0.6) is 0 Å². The first-order valence-corrected chi connectivity index (χ1v) is 7.70. The van der Waals surface area contributed by atoms with Crippen LogP contribution < -0.4 is 5.32 Å². The van der Waals surface area contributed by atoms with Gasteiger partial charge in [0.2, 0.25) is 5.91 Å². The molecule has 0 aromatic carbocycles. The smallest absolute Gasteiger partial charge is 0.319 e. The van der Waals surface area contributed by atoms with E-state index in [9.17, 15) is 9.59 Å². The number of hydrogen-bond acceptors (Lipinski definition) is 4. The fraction of sp³-hybridized carbons (Fsp3) is 0.867. The van der Waals surface area contributed by atoms with Crippen molar-refractivity contribution in [1.82, 2.24) is 10.2 Å². The number of carbonyl (C=O) groups is 2. The number of methoxy groups -OCH3 is 1. The molecule has 1 N–H and O–H groups in total. The van der Waals surface area contributed by atoms with Crippen LogP contribution >= 0.6 is 0 Å². The summed E-state index contributed by atoms with van der Waals surface area (Å²) >= 11 is 0. The normalized spacial score (nSPS) is 15.8. The average molecular weight is 284 g/mol. The lowest BCUT2D eigenvalue weighted by Gasteiger charge is -2.27. The van der Waals surface area contributed by atoms with Gasteiger partial charge in [0.25, 0.3) is 0 Å². The highest BCUT2D eigenvalue weighted by Crippen LogP contribution is 2.23. The Labute approximate surface area is 122 Å². The van der Waals surface area contributed by atoms with Crippen LogP contribution in [0.1, 0.15) is 52.4 Å². The zero-order chi connectivity index (χ0) is 15.0. The Hall–Kier alpha value is -1.10. The maximum atomic E-state index is 12.1. The van der Waals surface area contributed by atoms with Crippen molar-refractivity contribution in [3.05, 3.63) is 0 Å². The standard InChI is InChI=1S/C15H28N2O3/c1-4-12(5-2)16-14(18)10-17(11-15(19)20-3)13-8-6-7-9-13/h12-13H,4-11H2,1-3H3,(H,16,18). The fourth-order valence-electron chi connectivity index (χ4n) is 2.76. The lowest BCUT2D eigenvalue weighted by molar-refractivity contribution is -0.143. The number of esters is 1. The molecule has 0 aliphatic heterocycles. The fourth-order valence-corrected chi connectivity index (χ4v) is 2.76.